The monoisotopic (exact) mass is 446 g/mol. The van der Waals surface area contributed by atoms with Crippen LogP contribution < -0.4 is 4.74 Å². The molecule has 1 atom stereocenters. The first kappa shape index (κ1) is 21.6. The maximum atomic E-state index is 13.5. The second-order valence-electron chi connectivity index (χ2n) is 8.48. The van der Waals surface area contributed by atoms with E-state index >= 15 is 0 Å². The molecule has 1 fully saturated rings. The number of hydrogen-bond donors (Lipinski definition) is 0. The molecule has 3 heterocycles. The van der Waals surface area contributed by atoms with Crippen molar-refractivity contribution in [3.8, 4) is 5.75 Å². The lowest BCUT2D eigenvalue weighted by atomic mass is 10.0. The molecule has 2 aromatic carbocycles. The van der Waals surface area contributed by atoms with Crippen LogP contribution in [0.2, 0.25) is 0 Å². The van der Waals surface area contributed by atoms with Crippen LogP contribution in [0.25, 0.3) is 5.65 Å². The minimum atomic E-state index is -0.248. The van der Waals surface area contributed by atoms with Crippen molar-refractivity contribution in [2.75, 3.05) is 26.3 Å². The van der Waals surface area contributed by atoms with E-state index in [0.717, 1.165) is 60.9 Å². The van der Waals surface area contributed by atoms with Gasteiger partial charge in [-0.2, -0.15) is 0 Å². The fourth-order valence-electron chi connectivity index (χ4n) is 4.29. The molecule has 0 saturated carbocycles. The maximum absolute atomic E-state index is 13.5. The van der Waals surface area contributed by atoms with Crippen molar-refractivity contribution in [2.45, 2.75) is 19.6 Å². The van der Waals surface area contributed by atoms with Crippen LogP contribution in [-0.2, 0) is 24.3 Å². The number of hydrogen-bond acceptors (Lipinski definition) is 5. The first-order valence-corrected chi connectivity index (χ1v) is 11.3. The van der Waals surface area contributed by atoms with Gasteiger partial charge in [0, 0.05) is 49.7 Å². The Hall–Kier alpha value is -3.29. The van der Waals surface area contributed by atoms with Crippen molar-refractivity contribution in [1.82, 2.24) is 19.3 Å². The maximum Gasteiger partial charge on any atom is 0.155 e. The van der Waals surface area contributed by atoms with Gasteiger partial charge in [0.1, 0.15) is 18.2 Å². The molecule has 0 bridgehead atoms. The molecule has 170 valence electrons. The molecule has 0 aliphatic carbocycles. The van der Waals surface area contributed by atoms with Gasteiger partial charge < -0.3 is 13.9 Å². The molecule has 6 nitrogen and oxygen atoms in total. The van der Waals surface area contributed by atoms with E-state index in [0.29, 0.717) is 19.1 Å². The van der Waals surface area contributed by atoms with E-state index in [-0.39, 0.29) is 5.82 Å². The molecule has 2 aromatic heterocycles. The van der Waals surface area contributed by atoms with E-state index < -0.39 is 0 Å². The molecule has 0 N–H and O–H groups in total. The van der Waals surface area contributed by atoms with Crippen molar-refractivity contribution < 1.29 is 13.9 Å². The van der Waals surface area contributed by atoms with Crippen LogP contribution in [0.4, 0.5) is 4.39 Å². The Bertz CT molecular complexity index is 1210. The zero-order valence-corrected chi connectivity index (χ0v) is 18.4. The summed E-state index contributed by atoms with van der Waals surface area (Å²) in [6.07, 6.45) is 8.44. The van der Waals surface area contributed by atoms with Gasteiger partial charge in [-0.1, -0.05) is 30.3 Å². The summed E-state index contributed by atoms with van der Waals surface area (Å²) >= 11 is 0. The first-order valence-electron chi connectivity index (χ1n) is 11.3. The highest BCUT2D eigenvalue weighted by molar-refractivity contribution is 5.35. The lowest BCUT2D eigenvalue weighted by Gasteiger charge is -2.24. The van der Waals surface area contributed by atoms with E-state index in [1.54, 1.807) is 12.3 Å². The van der Waals surface area contributed by atoms with Crippen molar-refractivity contribution >= 4 is 5.65 Å². The molecule has 1 aliphatic heterocycles. The zero-order chi connectivity index (χ0) is 22.5. The summed E-state index contributed by atoms with van der Waals surface area (Å²) in [5, 5.41) is 0. The molecular formula is C26H27FN4O2. The SMILES string of the molecule is Fc1cccc(COc2ccccc2CN2CCOC[C@@H](Cc3cn4ccnc4cn3)C2)c1. The Kier molecular flexibility index (Phi) is 6.60. The molecule has 0 spiro atoms. The Morgan fingerprint density at radius 3 is 3.00 bits per heavy atom. The molecule has 0 unspecified atom stereocenters. The quantitative estimate of drug-likeness (QED) is 0.427. The molecule has 0 amide bonds. The largest absolute Gasteiger partial charge is 0.489 e. The molecule has 1 saturated heterocycles. The number of nitrogens with zero attached hydrogens (tertiary/aromatic N) is 4. The van der Waals surface area contributed by atoms with E-state index in [2.05, 4.69) is 20.9 Å². The highest BCUT2D eigenvalue weighted by Crippen LogP contribution is 2.23. The van der Waals surface area contributed by atoms with Gasteiger partial charge in [-0.3, -0.25) is 9.88 Å². The number of rotatable bonds is 7. The van der Waals surface area contributed by atoms with Gasteiger partial charge in [0.05, 0.1) is 25.1 Å². The lowest BCUT2D eigenvalue weighted by Crippen LogP contribution is -2.30. The minimum absolute atomic E-state index is 0.248. The van der Waals surface area contributed by atoms with Gasteiger partial charge in [0.15, 0.2) is 5.65 Å². The fraction of sp³-hybridized carbons (Fsp3) is 0.308. The Labute approximate surface area is 192 Å². The Morgan fingerprint density at radius 2 is 2.06 bits per heavy atom. The average molecular weight is 447 g/mol. The highest BCUT2D eigenvalue weighted by atomic mass is 19.1. The average Bonchev–Trinajstić information content (AvgIpc) is 3.18. The summed E-state index contributed by atoms with van der Waals surface area (Å²) in [7, 11) is 0. The number of ether oxygens (including phenoxy) is 2. The number of fused-ring (bicyclic) bond motifs is 1. The number of aromatic nitrogens is 3. The number of benzene rings is 2. The van der Waals surface area contributed by atoms with Crippen LogP contribution in [0, 0.1) is 11.7 Å². The van der Waals surface area contributed by atoms with E-state index in [4.69, 9.17) is 9.47 Å². The molecule has 0 radical (unpaired) electrons. The zero-order valence-electron chi connectivity index (χ0n) is 18.4. The Morgan fingerprint density at radius 1 is 1.12 bits per heavy atom. The summed E-state index contributed by atoms with van der Waals surface area (Å²) in [6, 6.07) is 14.6. The van der Waals surface area contributed by atoms with E-state index in [1.165, 1.54) is 12.1 Å². The van der Waals surface area contributed by atoms with Crippen molar-refractivity contribution in [3.63, 3.8) is 0 Å². The smallest absolute Gasteiger partial charge is 0.155 e. The fourth-order valence-corrected chi connectivity index (χ4v) is 4.29. The predicted molar refractivity (Wildman–Crippen MR) is 123 cm³/mol. The van der Waals surface area contributed by atoms with Gasteiger partial charge in [0.2, 0.25) is 0 Å². The van der Waals surface area contributed by atoms with Crippen LogP contribution in [0.15, 0.2) is 73.3 Å². The van der Waals surface area contributed by atoms with Gasteiger partial charge in [-0.05, 0) is 30.2 Å². The first-order chi connectivity index (χ1) is 16.2. The van der Waals surface area contributed by atoms with Crippen LogP contribution in [0.1, 0.15) is 16.8 Å². The van der Waals surface area contributed by atoms with Crippen molar-refractivity contribution in [1.29, 1.82) is 0 Å². The van der Waals surface area contributed by atoms with Crippen LogP contribution in [0.5, 0.6) is 5.75 Å². The second kappa shape index (κ2) is 10.1. The summed E-state index contributed by atoms with van der Waals surface area (Å²) in [5.41, 5.74) is 3.82. The third-order valence-corrected chi connectivity index (χ3v) is 5.90. The molecule has 33 heavy (non-hydrogen) atoms. The van der Waals surface area contributed by atoms with Gasteiger partial charge in [-0.15, -0.1) is 0 Å². The van der Waals surface area contributed by atoms with Gasteiger partial charge in [0.25, 0.3) is 0 Å². The van der Waals surface area contributed by atoms with Crippen molar-refractivity contribution in [2.24, 2.45) is 5.92 Å². The van der Waals surface area contributed by atoms with Crippen LogP contribution in [0.3, 0.4) is 0 Å². The second-order valence-corrected chi connectivity index (χ2v) is 8.48. The molecule has 7 heteroatoms. The van der Waals surface area contributed by atoms with E-state index in [9.17, 15) is 4.39 Å². The summed E-state index contributed by atoms with van der Waals surface area (Å²) in [6.45, 7) is 4.31. The standard InChI is InChI=1S/C26H27FN4O2/c27-23-6-3-4-20(12-23)19-33-25-7-2-1-5-22(25)16-30-10-11-32-18-21(15-30)13-24-17-31-9-8-28-26(31)14-29-24/h1-9,12,14,17,21H,10-11,13,15-16,18-19H2/t21-/m0/s1. The third kappa shape index (κ3) is 5.56. The van der Waals surface area contributed by atoms with Crippen LogP contribution in [-0.4, -0.2) is 45.6 Å². The number of para-hydroxylation sites is 1. The van der Waals surface area contributed by atoms with Crippen LogP contribution >= 0.6 is 0 Å². The molecule has 4 aromatic rings. The summed E-state index contributed by atoms with van der Waals surface area (Å²) in [5.74, 6) is 0.929. The summed E-state index contributed by atoms with van der Waals surface area (Å²) < 4.78 is 27.5. The Balaban J connectivity index is 1.24. The van der Waals surface area contributed by atoms with Crippen molar-refractivity contribution in [3.05, 3.63) is 96.0 Å². The molecule has 5 rings (SSSR count). The topological polar surface area (TPSA) is 51.9 Å². The normalized spacial score (nSPS) is 17.2. The summed E-state index contributed by atoms with van der Waals surface area (Å²) in [4.78, 5) is 11.3. The highest BCUT2D eigenvalue weighted by Gasteiger charge is 2.21. The number of halogens is 1. The molecule has 1 aliphatic rings. The predicted octanol–water partition coefficient (Wildman–Crippen LogP) is 4.14. The minimum Gasteiger partial charge on any atom is -0.489 e. The van der Waals surface area contributed by atoms with Gasteiger partial charge >= 0.3 is 0 Å². The number of imidazole rings is 1. The third-order valence-electron chi connectivity index (χ3n) is 5.90. The van der Waals surface area contributed by atoms with E-state index in [1.807, 2.05) is 47.3 Å². The lowest BCUT2D eigenvalue weighted by molar-refractivity contribution is 0.121. The van der Waals surface area contributed by atoms with Gasteiger partial charge in [-0.25, -0.2) is 9.37 Å². The molecular weight excluding hydrogens is 419 g/mol.